The maximum atomic E-state index is 13.2. The minimum atomic E-state index is -4.76. The van der Waals surface area contributed by atoms with Crippen LogP contribution in [0.2, 0.25) is 10.0 Å². The smallest absolute Gasteiger partial charge is 0.417 e. The lowest BCUT2D eigenvalue weighted by Crippen LogP contribution is -2.37. The van der Waals surface area contributed by atoms with Gasteiger partial charge in [-0.1, -0.05) is 41.4 Å². The SMILES string of the molecule is Cc1cc(OCCCc2c(C(O)NS(=O)(=O)CCNC(=O)c3ccccc3C(F)(F)F)[nH]c3cc(Cl)ccc23)cc(C)c1Cl. The van der Waals surface area contributed by atoms with Crippen LogP contribution in [0.1, 0.15) is 51.0 Å². The number of fused-ring (bicyclic) bond motifs is 1. The van der Waals surface area contributed by atoms with E-state index in [2.05, 4.69) is 15.0 Å². The van der Waals surface area contributed by atoms with E-state index in [0.717, 1.165) is 34.7 Å². The number of amides is 1. The number of aromatic amines is 1. The second-order valence-corrected chi connectivity index (χ2v) is 12.9. The van der Waals surface area contributed by atoms with E-state index in [-0.39, 0.29) is 5.69 Å². The molecule has 1 heterocycles. The molecular formula is C30H30Cl2F3N3O5S. The van der Waals surface area contributed by atoms with E-state index in [4.69, 9.17) is 27.9 Å². The number of sulfonamides is 1. The number of carbonyl (C=O) groups is 1. The van der Waals surface area contributed by atoms with Crippen molar-refractivity contribution in [2.24, 2.45) is 0 Å². The number of aliphatic hydroxyl groups is 1. The fraction of sp³-hybridized carbons (Fsp3) is 0.300. The Labute approximate surface area is 262 Å². The van der Waals surface area contributed by atoms with Crippen LogP contribution in [0, 0.1) is 13.8 Å². The molecule has 0 bridgehead atoms. The number of aromatic nitrogens is 1. The maximum Gasteiger partial charge on any atom is 0.417 e. The van der Waals surface area contributed by atoms with E-state index >= 15 is 0 Å². The number of hydrogen-bond acceptors (Lipinski definition) is 5. The van der Waals surface area contributed by atoms with Crippen LogP contribution < -0.4 is 14.8 Å². The van der Waals surface area contributed by atoms with E-state index < -0.39 is 51.8 Å². The number of aryl methyl sites for hydroxylation is 3. The summed E-state index contributed by atoms with van der Waals surface area (Å²) < 4.78 is 73.3. The Balaban J connectivity index is 1.42. The molecule has 3 aromatic carbocycles. The standard InChI is InChI=1S/C30H30Cl2F3N3O5S/c1-17-14-20(15-18(2)26(17)32)43-12-5-7-22-21-10-9-19(31)16-25(21)37-27(22)29(40)38-44(41,42)13-11-36-28(39)23-6-3-4-8-24(23)30(33,34)35/h3-4,6,8-10,14-16,29,37-38,40H,5,7,11-13H2,1-2H3,(H,36,39). The second-order valence-electron chi connectivity index (χ2n) is 10.2. The summed E-state index contributed by atoms with van der Waals surface area (Å²) in [5.74, 6) is -1.11. The number of benzene rings is 3. The molecule has 1 aromatic heterocycles. The molecule has 1 amide bonds. The first-order valence-electron chi connectivity index (χ1n) is 13.5. The predicted octanol–water partition coefficient (Wildman–Crippen LogP) is 6.46. The summed E-state index contributed by atoms with van der Waals surface area (Å²) in [4.78, 5) is 15.4. The van der Waals surface area contributed by atoms with Crippen molar-refractivity contribution in [1.29, 1.82) is 0 Å². The van der Waals surface area contributed by atoms with E-state index in [1.165, 1.54) is 6.07 Å². The van der Waals surface area contributed by atoms with Crippen LogP contribution in [0.25, 0.3) is 10.9 Å². The number of alkyl halides is 3. The molecule has 4 rings (SSSR count). The molecule has 0 spiro atoms. The van der Waals surface area contributed by atoms with Crippen molar-refractivity contribution in [1.82, 2.24) is 15.0 Å². The molecule has 236 valence electrons. The van der Waals surface area contributed by atoms with E-state index in [1.54, 1.807) is 18.2 Å². The van der Waals surface area contributed by atoms with Gasteiger partial charge in [-0.15, -0.1) is 0 Å². The van der Waals surface area contributed by atoms with Gasteiger partial charge < -0.3 is 20.1 Å². The molecule has 8 nitrogen and oxygen atoms in total. The van der Waals surface area contributed by atoms with Gasteiger partial charge in [0.2, 0.25) is 10.0 Å². The van der Waals surface area contributed by atoms with Crippen molar-refractivity contribution < 1.29 is 36.2 Å². The van der Waals surface area contributed by atoms with Crippen molar-refractivity contribution >= 4 is 50.0 Å². The molecule has 0 saturated carbocycles. The highest BCUT2D eigenvalue weighted by Gasteiger charge is 2.35. The van der Waals surface area contributed by atoms with E-state index in [0.29, 0.717) is 46.3 Å². The largest absolute Gasteiger partial charge is 0.494 e. The maximum absolute atomic E-state index is 13.2. The number of aliphatic hydroxyl groups excluding tert-OH is 1. The normalized spacial score (nSPS) is 12.8. The topological polar surface area (TPSA) is 121 Å². The number of halogens is 5. The summed E-state index contributed by atoms with van der Waals surface area (Å²) >= 11 is 12.4. The van der Waals surface area contributed by atoms with Gasteiger partial charge in [0.15, 0.2) is 6.23 Å². The van der Waals surface area contributed by atoms with Gasteiger partial charge >= 0.3 is 6.18 Å². The first-order valence-corrected chi connectivity index (χ1v) is 15.9. The Bertz CT molecular complexity index is 1750. The van der Waals surface area contributed by atoms with Crippen LogP contribution in [0.15, 0.2) is 54.6 Å². The van der Waals surface area contributed by atoms with Gasteiger partial charge in [-0.25, -0.2) is 8.42 Å². The van der Waals surface area contributed by atoms with Gasteiger partial charge in [-0.05, 0) is 79.8 Å². The quantitative estimate of drug-likeness (QED) is 0.102. The molecule has 0 radical (unpaired) electrons. The molecule has 44 heavy (non-hydrogen) atoms. The molecule has 14 heteroatoms. The number of ether oxygens (including phenoxy) is 1. The van der Waals surface area contributed by atoms with Crippen molar-refractivity contribution in [3.8, 4) is 5.75 Å². The van der Waals surface area contributed by atoms with Gasteiger partial charge in [0, 0.05) is 27.5 Å². The summed E-state index contributed by atoms with van der Waals surface area (Å²) in [6.45, 7) is 3.60. The van der Waals surface area contributed by atoms with Crippen molar-refractivity contribution in [3.63, 3.8) is 0 Å². The average molecular weight is 673 g/mol. The number of hydrogen-bond donors (Lipinski definition) is 4. The zero-order valence-corrected chi connectivity index (χ0v) is 26.0. The van der Waals surface area contributed by atoms with Crippen molar-refractivity contribution in [2.45, 2.75) is 39.1 Å². The first-order chi connectivity index (χ1) is 20.7. The Hall–Kier alpha value is -3.29. The predicted molar refractivity (Wildman–Crippen MR) is 164 cm³/mol. The third-order valence-electron chi connectivity index (χ3n) is 6.85. The van der Waals surface area contributed by atoms with Crippen LogP contribution in [-0.4, -0.2) is 43.3 Å². The monoisotopic (exact) mass is 671 g/mol. The Morgan fingerprint density at radius 3 is 2.43 bits per heavy atom. The highest BCUT2D eigenvalue weighted by atomic mass is 35.5. The molecule has 0 fully saturated rings. The van der Waals surface area contributed by atoms with Crippen molar-refractivity contribution in [3.05, 3.63) is 98.2 Å². The zero-order valence-electron chi connectivity index (χ0n) is 23.7. The Morgan fingerprint density at radius 1 is 1.07 bits per heavy atom. The summed E-state index contributed by atoms with van der Waals surface area (Å²) in [5.41, 5.74) is 1.45. The lowest BCUT2D eigenvalue weighted by Gasteiger charge is -2.16. The highest BCUT2D eigenvalue weighted by Crippen LogP contribution is 2.32. The second kappa shape index (κ2) is 13.8. The minimum Gasteiger partial charge on any atom is -0.494 e. The Morgan fingerprint density at radius 2 is 1.75 bits per heavy atom. The number of rotatable bonds is 12. The molecule has 0 aliphatic carbocycles. The lowest BCUT2D eigenvalue weighted by molar-refractivity contribution is -0.137. The fourth-order valence-electron chi connectivity index (χ4n) is 4.79. The molecule has 0 aliphatic heterocycles. The lowest BCUT2D eigenvalue weighted by atomic mass is 10.0. The molecule has 4 aromatic rings. The average Bonchev–Trinajstić information content (AvgIpc) is 3.30. The van der Waals surface area contributed by atoms with Crippen LogP contribution in [0.4, 0.5) is 13.2 Å². The van der Waals surface area contributed by atoms with Crippen LogP contribution >= 0.6 is 23.2 Å². The van der Waals surface area contributed by atoms with Crippen molar-refractivity contribution in [2.75, 3.05) is 18.9 Å². The third kappa shape index (κ3) is 8.24. The van der Waals surface area contributed by atoms with Crippen LogP contribution in [0.5, 0.6) is 5.75 Å². The van der Waals surface area contributed by atoms with Gasteiger partial charge in [-0.2, -0.15) is 17.9 Å². The minimum absolute atomic E-state index is 0.201. The highest BCUT2D eigenvalue weighted by molar-refractivity contribution is 7.89. The zero-order chi connectivity index (χ0) is 32.2. The summed E-state index contributed by atoms with van der Waals surface area (Å²) in [5, 5.41) is 15.0. The molecule has 4 N–H and O–H groups in total. The summed E-state index contributed by atoms with van der Waals surface area (Å²) in [6, 6.07) is 12.9. The molecule has 1 unspecified atom stereocenters. The van der Waals surface area contributed by atoms with Gasteiger partial charge in [0.1, 0.15) is 5.75 Å². The van der Waals surface area contributed by atoms with Gasteiger partial charge in [0.25, 0.3) is 5.91 Å². The Kier molecular flexibility index (Phi) is 10.5. The molecule has 0 saturated heterocycles. The number of carbonyl (C=O) groups excluding carboxylic acids is 1. The van der Waals surface area contributed by atoms with E-state index in [1.807, 2.05) is 26.0 Å². The summed E-state index contributed by atoms with van der Waals surface area (Å²) in [6.07, 6.45) is -5.51. The van der Waals surface area contributed by atoms with Crippen LogP contribution in [0.3, 0.4) is 0 Å². The number of H-pyrrole nitrogens is 1. The third-order valence-corrected chi connectivity index (χ3v) is 9.00. The van der Waals surface area contributed by atoms with Gasteiger partial charge in [0.05, 0.1) is 29.2 Å². The van der Waals surface area contributed by atoms with Crippen LogP contribution in [-0.2, 0) is 22.6 Å². The van der Waals surface area contributed by atoms with Gasteiger partial charge in [-0.3, -0.25) is 4.79 Å². The summed E-state index contributed by atoms with van der Waals surface area (Å²) in [7, 11) is -4.20. The fourth-order valence-corrected chi connectivity index (χ4v) is 6.02. The molecule has 1 atom stereocenters. The molecule has 0 aliphatic rings. The number of nitrogens with one attached hydrogen (secondary N) is 3. The van der Waals surface area contributed by atoms with E-state index in [9.17, 15) is 31.5 Å². The first kappa shape index (κ1) is 33.6. The molecular weight excluding hydrogens is 642 g/mol.